The van der Waals surface area contributed by atoms with Crippen molar-refractivity contribution in [1.82, 2.24) is 10.3 Å². The Labute approximate surface area is 101 Å². The number of benzene rings is 1. The summed E-state index contributed by atoms with van der Waals surface area (Å²) in [6, 6.07) is 8.35. The minimum Gasteiger partial charge on any atom is -0.310 e. The van der Waals surface area contributed by atoms with Gasteiger partial charge in [-0.1, -0.05) is 31.5 Å². The molecule has 16 heavy (non-hydrogen) atoms. The summed E-state index contributed by atoms with van der Waals surface area (Å²) in [6.45, 7) is 5.08. The van der Waals surface area contributed by atoms with Crippen LogP contribution in [0, 0.1) is 0 Å². The van der Waals surface area contributed by atoms with Crippen molar-refractivity contribution in [2.75, 3.05) is 0 Å². The van der Waals surface area contributed by atoms with Gasteiger partial charge in [0.25, 0.3) is 0 Å². The lowest BCUT2D eigenvalue weighted by Gasteiger charge is -2.10. The summed E-state index contributed by atoms with van der Waals surface area (Å²) >= 11 is 6.13. The Balaban J connectivity index is 2.42. The second kappa shape index (κ2) is 4.81. The monoisotopic (exact) mass is 234 g/mol. The molecule has 0 aliphatic rings. The molecule has 84 valence electrons. The standard InChI is InChI=1S/C13H15ClN2/c1-9(2)16-8-10-5-6-12(14)11-4-3-7-15-13(10)11/h3-7,9,16H,8H2,1-2H3. The fourth-order valence-electron chi connectivity index (χ4n) is 1.65. The average Bonchev–Trinajstić information content (AvgIpc) is 2.28. The van der Waals surface area contributed by atoms with Gasteiger partial charge < -0.3 is 5.32 Å². The summed E-state index contributed by atoms with van der Waals surface area (Å²) in [5.41, 5.74) is 2.18. The van der Waals surface area contributed by atoms with Crippen LogP contribution >= 0.6 is 11.6 Å². The number of aromatic nitrogens is 1. The smallest absolute Gasteiger partial charge is 0.0761 e. The fraction of sp³-hybridized carbons (Fsp3) is 0.308. The van der Waals surface area contributed by atoms with Crippen LogP contribution in [0.2, 0.25) is 5.02 Å². The number of rotatable bonds is 3. The Kier molecular flexibility index (Phi) is 3.42. The molecule has 1 aromatic heterocycles. The van der Waals surface area contributed by atoms with Gasteiger partial charge in [0.1, 0.15) is 0 Å². The van der Waals surface area contributed by atoms with Gasteiger partial charge in [-0.25, -0.2) is 0 Å². The third-order valence-corrected chi connectivity index (χ3v) is 2.83. The quantitative estimate of drug-likeness (QED) is 0.881. The summed E-state index contributed by atoms with van der Waals surface area (Å²) < 4.78 is 0. The molecular weight excluding hydrogens is 220 g/mol. The number of halogens is 1. The third kappa shape index (κ3) is 2.34. The van der Waals surface area contributed by atoms with Crippen LogP contribution in [-0.2, 0) is 6.54 Å². The number of hydrogen-bond acceptors (Lipinski definition) is 2. The van der Waals surface area contributed by atoms with Gasteiger partial charge in [0, 0.05) is 29.2 Å². The second-order valence-corrected chi connectivity index (χ2v) is 4.55. The number of hydrogen-bond donors (Lipinski definition) is 1. The van der Waals surface area contributed by atoms with Gasteiger partial charge in [0.15, 0.2) is 0 Å². The molecule has 0 atom stereocenters. The van der Waals surface area contributed by atoms with Gasteiger partial charge in [0.05, 0.1) is 5.52 Å². The van der Waals surface area contributed by atoms with Crippen LogP contribution < -0.4 is 5.32 Å². The molecular formula is C13H15ClN2. The Morgan fingerprint density at radius 3 is 2.88 bits per heavy atom. The molecule has 3 heteroatoms. The lowest BCUT2D eigenvalue weighted by Crippen LogP contribution is -2.22. The number of nitrogens with zero attached hydrogens (tertiary/aromatic N) is 1. The average molecular weight is 235 g/mol. The maximum Gasteiger partial charge on any atom is 0.0761 e. The van der Waals surface area contributed by atoms with Crippen molar-refractivity contribution in [3.05, 3.63) is 41.0 Å². The summed E-state index contributed by atoms with van der Waals surface area (Å²) in [4.78, 5) is 4.40. The van der Waals surface area contributed by atoms with Crippen molar-refractivity contribution >= 4 is 22.5 Å². The minimum atomic E-state index is 0.467. The number of nitrogens with one attached hydrogen (secondary N) is 1. The molecule has 0 bridgehead atoms. The van der Waals surface area contributed by atoms with Crippen LogP contribution in [-0.4, -0.2) is 11.0 Å². The summed E-state index contributed by atoms with van der Waals surface area (Å²) in [7, 11) is 0. The number of fused-ring (bicyclic) bond motifs is 1. The van der Waals surface area contributed by atoms with Gasteiger partial charge in [-0.05, 0) is 23.8 Å². The molecule has 2 nitrogen and oxygen atoms in total. The first-order chi connectivity index (χ1) is 7.68. The zero-order valence-electron chi connectivity index (χ0n) is 9.50. The first-order valence-corrected chi connectivity index (χ1v) is 5.82. The normalized spacial score (nSPS) is 11.2. The van der Waals surface area contributed by atoms with Crippen LogP contribution in [0.5, 0.6) is 0 Å². The van der Waals surface area contributed by atoms with Crippen LogP contribution in [0.1, 0.15) is 19.4 Å². The zero-order valence-corrected chi connectivity index (χ0v) is 10.3. The van der Waals surface area contributed by atoms with Crippen molar-refractivity contribution in [2.24, 2.45) is 0 Å². The van der Waals surface area contributed by atoms with Crippen LogP contribution in [0.3, 0.4) is 0 Å². The molecule has 0 amide bonds. The van der Waals surface area contributed by atoms with Gasteiger partial charge in [0.2, 0.25) is 0 Å². The van der Waals surface area contributed by atoms with E-state index < -0.39 is 0 Å². The van der Waals surface area contributed by atoms with Gasteiger partial charge in [-0.3, -0.25) is 4.98 Å². The molecule has 0 saturated heterocycles. The molecule has 0 aliphatic heterocycles. The van der Waals surface area contributed by atoms with Gasteiger partial charge >= 0.3 is 0 Å². The highest BCUT2D eigenvalue weighted by molar-refractivity contribution is 6.35. The van der Waals surface area contributed by atoms with E-state index in [1.54, 1.807) is 6.20 Å². The van der Waals surface area contributed by atoms with E-state index in [4.69, 9.17) is 11.6 Å². The maximum atomic E-state index is 6.13. The van der Waals surface area contributed by atoms with E-state index in [0.717, 1.165) is 22.5 Å². The first kappa shape index (κ1) is 11.4. The second-order valence-electron chi connectivity index (χ2n) is 4.14. The van der Waals surface area contributed by atoms with Gasteiger partial charge in [-0.15, -0.1) is 0 Å². The van der Waals surface area contributed by atoms with Crippen LogP contribution in [0.4, 0.5) is 0 Å². The predicted octanol–water partition coefficient (Wildman–Crippen LogP) is 3.39. The molecule has 0 saturated carbocycles. The highest BCUT2D eigenvalue weighted by Gasteiger charge is 2.05. The Hall–Kier alpha value is -1.12. The topological polar surface area (TPSA) is 24.9 Å². The highest BCUT2D eigenvalue weighted by Crippen LogP contribution is 2.24. The summed E-state index contributed by atoms with van der Waals surface area (Å²) in [6.07, 6.45) is 1.80. The highest BCUT2D eigenvalue weighted by atomic mass is 35.5. The van der Waals surface area contributed by atoms with Crippen molar-refractivity contribution in [1.29, 1.82) is 0 Å². The predicted molar refractivity (Wildman–Crippen MR) is 68.7 cm³/mol. The van der Waals surface area contributed by atoms with E-state index in [9.17, 15) is 0 Å². The van der Waals surface area contributed by atoms with Crippen LogP contribution in [0.15, 0.2) is 30.5 Å². The Bertz CT molecular complexity index is 494. The molecule has 1 aromatic carbocycles. The van der Waals surface area contributed by atoms with Crippen molar-refractivity contribution in [2.45, 2.75) is 26.4 Å². The van der Waals surface area contributed by atoms with E-state index in [-0.39, 0.29) is 0 Å². The van der Waals surface area contributed by atoms with E-state index in [1.165, 1.54) is 5.56 Å². The van der Waals surface area contributed by atoms with Crippen LogP contribution in [0.25, 0.3) is 10.9 Å². The molecule has 0 spiro atoms. The molecule has 1 N–H and O–H groups in total. The van der Waals surface area contributed by atoms with E-state index in [1.807, 2.05) is 24.3 Å². The molecule has 2 rings (SSSR count). The zero-order chi connectivity index (χ0) is 11.5. The molecule has 2 aromatic rings. The van der Waals surface area contributed by atoms with Crippen molar-refractivity contribution in [3.8, 4) is 0 Å². The molecule has 1 heterocycles. The summed E-state index contributed by atoms with van der Waals surface area (Å²) in [5, 5.41) is 5.17. The fourth-order valence-corrected chi connectivity index (χ4v) is 1.87. The van der Waals surface area contributed by atoms with Crippen molar-refractivity contribution in [3.63, 3.8) is 0 Å². The lowest BCUT2D eigenvalue weighted by atomic mass is 10.1. The Morgan fingerprint density at radius 1 is 1.31 bits per heavy atom. The minimum absolute atomic E-state index is 0.467. The largest absolute Gasteiger partial charge is 0.310 e. The maximum absolute atomic E-state index is 6.13. The molecule has 0 aliphatic carbocycles. The van der Waals surface area contributed by atoms with Gasteiger partial charge in [-0.2, -0.15) is 0 Å². The van der Waals surface area contributed by atoms with E-state index in [2.05, 4.69) is 24.1 Å². The molecule has 0 fully saturated rings. The first-order valence-electron chi connectivity index (χ1n) is 5.44. The lowest BCUT2D eigenvalue weighted by molar-refractivity contribution is 0.590. The Morgan fingerprint density at radius 2 is 2.12 bits per heavy atom. The number of pyridine rings is 1. The van der Waals surface area contributed by atoms with E-state index >= 15 is 0 Å². The van der Waals surface area contributed by atoms with E-state index in [0.29, 0.717) is 6.04 Å². The SMILES string of the molecule is CC(C)NCc1ccc(Cl)c2cccnc12. The third-order valence-electron chi connectivity index (χ3n) is 2.50. The molecule has 0 unspecified atom stereocenters. The van der Waals surface area contributed by atoms with Crippen molar-refractivity contribution < 1.29 is 0 Å². The molecule has 0 radical (unpaired) electrons. The summed E-state index contributed by atoms with van der Waals surface area (Å²) in [5.74, 6) is 0.